The molecule has 2 amide bonds. The van der Waals surface area contributed by atoms with E-state index in [0.717, 1.165) is 22.3 Å². The fourth-order valence-electron chi connectivity index (χ4n) is 3.83. The third kappa shape index (κ3) is 5.16. The van der Waals surface area contributed by atoms with Gasteiger partial charge in [0, 0.05) is 36.6 Å². The Kier molecular flexibility index (Phi) is 6.99. The van der Waals surface area contributed by atoms with Crippen molar-refractivity contribution in [3.63, 3.8) is 0 Å². The molecular weight excluding hydrogens is 408 g/mol. The Hall–Kier alpha value is -3.19. The van der Waals surface area contributed by atoms with Gasteiger partial charge in [0.2, 0.25) is 0 Å². The van der Waals surface area contributed by atoms with Crippen LogP contribution in [0.5, 0.6) is 0 Å². The molecule has 0 bridgehead atoms. The molecule has 7 heteroatoms. The minimum absolute atomic E-state index is 0.0560. The Balaban J connectivity index is 1.68. The number of carbonyl (C=O) groups excluding carboxylic acids is 3. The summed E-state index contributed by atoms with van der Waals surface area (Å²) in [6.45, 7) is 7.54. The van der Waals surface area contributed by atoms with Crippen molar-refractivity contribution >= 4 is 17.8 Å². The molecular formula is C25H30N2O5. The lowest BCUT2D eigenvalue weighted by Gasteiger charge is -2.19. The lowest BCUT2D eigenvalue weighted by atomic mass is 9.94. The molecule has 0 fully saturated rings. The van der Waals surface area contributed by atoms with E-state index in [-0.39, 0.29) is 37.3 Å². The lowest BCUT2D eigenvalue weighted by Crippen LogP contribution is -2.37. The smallest absolute Gasteiger partial charge is 0.407 e. The highest BCUT2D eigenvalue weighted by Gasteiger charge is 2.29. The monoisotopic (exact) mass is 438 g/mol. The van der Waals surface area contributed by atoms with Crippen LogP contribution in [-0.4, -0.2) is 48.2 Å². The molecule has 0 heterocycles. The van der Waals surface area contributed by atoms with Crippen molar-refractivity contribution < 1.29 is 24.2 Å². The molecule has 0 spiro atoms. The van der Waals surface area contributed by atoms with Crippen molar-refractivity contribution in [1.29, 1.82) is 0 Å². The van der Waals surface area contributed by atoms with Crippen molar-refractivity contribution in [2.24, 2.45) is 0 Å². The second-order valence-corrected chi connectivity index (χ2v) is 8.80. The van der Waals surface area contributed by atoms with Crippen molar-refractivity contribution in [3.05, 3.63) is 58.7 Å². The maximum absolute atomic E-state index is 12.6. The van der Waals surface area contributed by atoms with E-state index in [0.29, 0.717) is 17.5 Å². The third-order valence-electron chi connectivity index (χ3n) is 5.31. The maximum Gasteiger partial charge on any atom is 0.407 e. The number of alkyl carbamates (subject to hydrolysis) is 1. The van der Waals surface area contributed by atoms with E-state index >= 15 is 0 Å². The number of hydrogen-bond acceptors (Lipinski definition) is 5. The SMILES string of the molecule is CCC(=O)c1ccc2c(c1)C(CO)c1cc(C(=O)NCCNC(=O)OC(C)(C)C)ccc1-2. The summed E-state index contributed by atoms with van der Waals surface area (Å²) in [7, 11) is 0. The molecule has 2 aromatic carbocycles. The zero-order valence-corrected chi connectivity index (χ0v) is 19.0. The predicted octanol–water partition coefficient (Wildman–Crippen LogP) is 3.64. The quantitative estimate of drug-likeness (QED) is 0.452. The minimum atomic E-state index is -0.580. The summed E-state index contributed by atoms with van der Waals surface area (Å²) in [6.07, 6.45) is -0.114. The van der Waals surface area contributed by atoms with Crippen LogP contribution in [0, 0.1) is 0 Å². The van der Waals surface area contributed by atoms with Gasteiger partial charge in [-0.15, -0.1) is 0 Å². The number of ketones is 1. The lowest BCUT2D eigenvalue weighted by molar-refractivity contribution is 0.0526. The van der Waals surface area contributed by atoms with Crippen LogP contribution in [0.3, 0.4) is 0 Å². The summed E-state index contributed by atoms with van der Waals surface area (Å²) < 4.78 is 5.16. The molecule has 0 aliphatic heterocycles. The first-order valence-corrected chi connectivity index (χ1v) is 10.8. The Morgan fingerprint density at radius 2 is 1.50 bits per heavy atom. The highest BCUT2D eigenvalue weighted by molar-refractivity contribution is 5.98. The largest absolute Gasteiger partial charge is 0.444 e. The minimum Gasteiger partial charge on any atom is -0.444 e. The van der Waals surface area contributed by atoms with Gasteiger partial charge in [-0.1, -0.05) is 25.1 Å². The molecule has 2 aromatic rings. The van der Waals surface area contributed by atoms with Gasteiger partial charge in [0.1, 0.15) is 5.60 Å². The summed E-state index contributed by atoms with van der Waals surface area (Å²) in [5, 5.41) is 15.4. The number of hydrogen-bond donors (Lipinski definition) is 3. The first kappa shape index (κ1) is 23.5. The number of fused-ring (bicyclic) bond motifs is 3. The zero-order chi connectivity index (χ0) is 23.5. The molecule has 0 saturated carbocycles. The standard InChI is InChI=1S/C25H30N2O5/c1-5-22(29)15-6-8-17-18-9-7-16(13-20(18)21(14-28)19(17)12-15)23(30)26-10-11-27-24(31)32-25(2,3)4/h6-9,12-13,21,28H,5,10-11,14H2,1-4H3,(H,26,30)(H,27,31). The van der Waals surface area contributed by atoms with Crippen LogP contribution in [0.15, 0.2) is 36.4 Å². The number of benzene rings is 2. The van der Waals surface area contributed by atoms with Crippen molar-refractivity contribution in [1.82, 2.24) is 10.6 Å². The summed E-state index contributed by atoms with van der Waals surface area (Å²) >= 11 is 0. The van der Waals surface area contributed by atoms with E-state index < -0.39 is 11.7 Å². The molecule has 1 aliphatic rings. The topological polar surface area (TPSA) is 105 Å². The van der Waals surface area contributed by atoms with Crippen molar-refractivity contribution in [2.75, 3.05) is 19.7 Å². The first-order valence-electron chi connectivity index (χ1n) is 10.8. The number of Topliss-reactive ketones (excluding diaryl/α,β-unsaturated/α-hetero) is 1. The fraction of sp³-hybridized carbons (Fsp3) is 0.400. The van der Waals surface area contributed by atoms with Crippen LogP contribution in [0.4, 0.5) is 4.79 Å². The van der Waals surface area contributed by atoms with Crippen LogP contribution < -0.4 is 10.6 Å². The van der Waals surface area contributed by atoms with Gasteiger partial charge in [0.05, 0.1) is 6.61 Å². The van der Waals surface area contributed by atoms with Gasteiger partial charge in [-0.2, -0.15) is 0 Å². The molecule has 0 saturated heterocycles. The number of nitrogens with one attached hydrogen (secondary N) is 2. The third-order valence-corrected chi connectivity index (χ3v) is 5.31. The highest BCUT2D eigenvalue weighted by atomic mass is 16.6. The molecule has 170 valence electrons. The summed E-state index contributed by atoms with van der Waals surface area (Å²) in [5.41, 5.74) is 4.22. The van der Waals surface area contributed by atoms with E-state index in [1.54, 1.807) is 32.9 Å². The average Bonchev–Trinajstić information content (AvgIpc) is 3.06. The number of aliphatic hydroxyl groups excluding tert-OH is 1. The number of ether oxygens (including phenoxy) is 1. The second-order valence-electron chi connectivity index (χ2n) is 8.80. The van der Waals surface area contributed by atoms with Crippen molar-refractivity contribution in [3.8, 4) is 11.1 Å². The van der Waals surface area contributed by atoms with Crippen LogP contribution in [0.2, 0.25) is 0 Å². The highest BCUT2D eigenvalue weighted by Crippen LogP contribution is 2.45. The Morgan fingerprint density at radius 1 is 0.938 bits per heavy atom. The van der Waals surface area contributed by atoms with Crippen molar-refractivity contribution in [2.45, 2.75) is 45.6 Å². The molecule has 1 unspecified atom stereocenters. The van der Waals surface area contributed by atoms with E-state index in [1.807, 2.05) is 31.2 Å². The number of aliphatic hydroxyl groups is 1. The van der Waals surface area contributed by atoms with Crippen LogP contribution in [0.25, 0.3) is 11.1 Å². The maximum atomic E-state index is 12.6. The summed E-state index contributed by atoms with van der Waals surface area (Å²) in [4.78, 5) is 36.4. The Morgan fingerprint density at radius 3 is 2.06 bits per heavy atom. The summed E-state index contributed by atoms with van der Waals surface area (Å²) in [5.74, 6) is -0.500. The number of amides is 2. The number of rotatable bonds is 7. The summed E-state index contributed by atoms with van der Waals surface area (Å²) in [6, 6.07) is 11.0. The Bertz CT molecular complexity index is 1040. The van der Waals surface area contributed by atoms with Gasteiger partial charge < -0.3 is 20.5 Å². The van der Waals surface area contributed by atoms with Crippen LogP contribution >= 0.6 is 0 Å². The van der Waals surface area contributed by atoms with Gasteiger partial charge in [0.15, 0.2) is 5.78 Å². The van der Waals surface area contributed by atoms with Gasteiger partial charge in [-0.05, 0) is 61.2 Å². The fourth-order valence-corrected chi connectivity index (χ4v) is 3.83. The molecule has 32 heavy (non-hydrogen) atoms. The molecule has 1 aliphatic carbocycles. The molecule has 1 atom stereocenters. The van der Waals surface area contributed by atoms with Gasteiger partial charge in [-0.3, -0.25) is 9.59 Å². The van der Waals surface area contributed by atoms with Crippen LogP contribution in [0.1, 0.15) is 71.9 Å². The van der Waals surface area contributed by atoms with E-state index in [9.17, 15) is 19.5 Å². The van der Waals surface area contributed by atoms with E-state index in [4.69, 9.17) is 4.74 Å². The molecule has 3 rings (SSSR count). The molecule has 3 N–H and O–H groups in total. The van der Waals surface area contributed by atoms with E-state index in [2.05, 4.69) is 10.6 Å². The molecule has 7 nitrogen and oxygen atoms in total. The zero-order valence-electron chi connectivity index (χ0n) is 19.0. The molecule has 0 aromatic heterocycles. The first-order chi connectivity index (χ1) is 15.1. The van der Waals surface area contributed by atoms with Gasteiger partial charge in [-0.25, -0.2) is 4.79 Å². The molecule has 0 radical (unpaired) electrons. The van der Waals surface area contributed by atoms with Crippen LogP contribution in [-0.2, 0) is 4.74 Å². The Labute approximate surface area is 188 Å². The van der Waals surface area contributed by atoms with Gasteiger partial charge >= 0.3 is 6.09 Å². The van der Waals surface area contributed by atoms with E-state index in [1.165, 1.54) is 0 Å². The second kappa shape index (κ2) is 9.53. The predicted molar refractivity (Wildman–Crippen MR) is 122 cm³/mol. The number of carbonyl (C=O) groups is 3. The van der Waals surface area contributed by atoms with Gasteiger partial charge in [0.25, 0.3) is 5.91 Å². The normalized spacial score (nSPS) is 14.3. The average molecular weight is 439 g/mol.